The summed E-state index contributed by atoms with van der Waals surface area (Å²) in [5.41, 5.74) is 0. The predicted octanol–water partition coefficient (Wildman–Crippen LogP) is 1.05. The molecule has 1 spiro atoms. The molecule has 0 aromatic rings. The predicted molar refractivity (Wildman–Crippen MR) is 50.3 cm³/mol. The largest absolute Gasteiger partial charge is 3.00 e. The van der Waals surface area contributed by atoms with Crippen LogP contribution in [0.25, 0.3) is 0 Å². The summed E-state index contributed by atoms with van der Waals surface area (Å²) in [6.45, 7) is 6.88. The fourth-order valence-electron chi connectivity index (χ4n) is 2.13. The number of nitrogens with zero attached hydrogens (tertiary/aromatic N) is 1. The van der Waals surface area contributed by atoms with E-state index in [1.54, 1.807) is 0 Å². The third kappa shape index (κ3) is 2.07. The van der Waals surface area contributed by atoms with E-state index >= 15 is 0 Å². The van der Waals surface area contributed by atoms with Crippen LogP contribution in [-0.2, 0) is 42.2 Å². The second kappa shape index (κ2) is 4.88. The van der Waals surface area contributed by atoms with Gasteiger partial charge in [-0.3, -0.25) is 0 Å². The zero-order valence-electron chi connectivity index (χ0n) is 9.25. The molecule has 0 radical (unpaired) electrons. The molecule has 1 atom stereocenters. The van der Waals surface area contributed by atoms with Crippen LogP contribution in [0.1, 0.15) is 20.3 Å². The van der Waals surface area contributed by atoms with Gasteiger partial charge in [-0.15, -0.1) is 6.04 Å². The molecule has 2 saturated heterocycles. The van der Waals surface area contributed by atoms with Gasteiger partial charge in [-0.2, -0.15) is 6.92 Å². The van der Waals surface area contributed by atoms with Gasteiger partial charge >= 0.3 is 32.7 Å². The fourth-order valence-corrected chi connectivity index (χ4v) is 2.13. The van der Waals surface area contributed by atoms with Gasteiger partial charge in [0, 0.05) is 19.8 Å². The molecule has 76 valence electrons. The SMILES string of the molecule is C[C-]1C(C)N(C)CC12OCCCO2.[Y+3]. The number of hydrogen-bond acceptors (Lipinski definition) is 3. The molecule has 3 nitrogen and oxygen atoms in total. The van der Waals surface area contributed by atoms with E-state index in [0.717, 1.165) is 26.2 Å². The first kappa shape index (κ1) is 13.1. The Morgan fingerprint density at radius 2 is 1.93 bits per heavy atom. The maximum atomic E-state index is 5.78. The van der Waals surface area contributed by atoms with Gasteiger partial charge in [-0.05, 0) is 13.5 Å². The second-order valence-electron chi connectivity index (χ2n) is 4.08. The molecule has 0 aliphatic carbocycles. The summed E-state index contributed by atoms with van der Waals surface area (Å²) in [5.74, 6) is 0.932. The Balaban J connectivity index is 0.000000980. The van der Waals surface area contributed by atoms with E-state index in [2.05, 4.69) is 25.8 Å². The van der Waals surface area contributed by atoms with Gasteiger partial charge in [0.1, 0.15) is 0 Å². The summed E-state index contributed by atoms with van der Waals surface area (Å²) < 4.78 is 11.6. The normalized spacial score (nSPS) is 33.2. The Bertz CT molecular complexity index is 195. The molecule has 2 rings (SSSR count). The van der Waals surface area contributed by atoms with Crippen molar-refractivity contribution >= 4 is 0 Å². The average molecular weight is 273 g/mol. The third-order valence-electron chi connectivity index (χ3n) is 3.31. The summed E-state index contributed by atoms with van der Waals surface area (Å²) in [6.07, 6.45) is 1.02. The van der Waals surface area contributed by atoms with Crippen LogP contribution in [0.5, 0.6) is 0 Å². The Hall–Kier alpha value is 0.984. The van der Waals surface area contributed by atoms with Gasteiger partial charge in [0.05, 0.1) is 5.79 Å². The summed E-state index contributed by atoms with van der Waals surface area (Å²) in [5, 5.41) is 0. The summed E-state index contributed by atoms with van der Waals surface area (Å²) in [4.78, 5) is 2.28. The first-order chi connectivity index (χ1) is 6.16. The number of rotatable bonds is 0. The van der Waals surface area contributed by atoms with Crippen LogP contribution >= 0.6 is 0 Å². The van der Waals surface area contributed by atoms with Crippen molar-refractivity contribution in [2.24, 2.45) is 0 Å². The van der Waals surface area contributed by atoms with Gasteiger partial charge in [0.25, 0.3) is 0 Å². The molecule has 2 fully saturated rings. The summed E-state index contributed by atoms with van der Waals surface area (Å²) in [6, 6.07) is 0.470. The third-order valence-corrected chi connectivity index (χ3v) is 3.31. The second-order valence-corrected chi connectivity index (χ2v) is 4.08. The van der Waals surface area contributed by atoms with Crippen molar-refractivity contribution in [3.8, 4) is 0 Å². The first-order valence-corrected chi connectivity index (χ1v) is 4.98. The molecular weight excluding hydrogens is 255 g/mol. The first-order valence-electron chi connectivity index (χ1n) is 4.98. The minimum Gasteiger partial charge on any atom is -0.379 e. The number of hydrogen-bond donors (Lipinski definition) is 0. The molecule has 2 aliphatic rings. The molecule has 2 aliphatic heterocycles. The Morgan fingerprint density at radius 3 is 2.36 bits per heavy atom. The van der Waals surface area contributed by atoms with Gasteiger partial charge in [-0.25, -0.2) is 5.92 Å². The molecule has 1 unspecified atom stereocenters. The van der Waals surface area contributed by atoms with Crippen molar-refractivity contribution in [1.29, 1.82) is 0 Å². The van der Waals surface area contributed by atoms with Crippen LogP contribution in [0.15, 0.2) is 0 Å². The van der Waals surface area contributed by atoms with E-state index < -0.39 is 0 Å². The number of likely N-dealkylation sites (N-methyl/N-ethyl adjacent to an activating group) is 1. The van der Waals surface area contributed by atoms with Gasteiger partial charge in [0.15, 0.2) is 0 Å². The van der Waals surface area contributed by atoms with Crippen LogP contribution in [-0.4, -0.2) is 43.5 Å². The van der Waals surface area contributed by atoms with Crippen LogP contribution in [0, 0.1) is 5.92 Å². The molecule has 4 heteroatoms. The van der Waals surface area contributed by atoms with Crippen molar-refractivity contribution in [3.05, 3.63) is 5.92 Å². The topological polar surface area (TPSA) is 21.7 Å². The summed E-state index contributed by atoms with van der Waals surface area (Å²) >= 11 is 0. The Labute approximate surface area is 111 Å². The van der Waals surface area contributed by atoms with E-state index in [0.29, 0.717) is 6.04 Å². The average Bonchev–Trinajstić information content (AvgIpc) is 2.33. The Kier molecular flexibility index (Phi) is 4.55. The maximum Gasteiger partial charge on any atom is 3.00 e. The van der Waals surface area contributed by atoms with Crippen LogP contribution in [0.4, 0.5) is 0 Å². The monoisotopic (exact) mass is 273 g/mol. The molecule has 0 N–H and O–H groups in total. The van der Waals surface area contributed by atoms with E-state index in [-0.39, 0.29) is 38.5 Å². The van der Waals surface area contributed by atoms with E-state index in [4.69, 9.17) is 9.47 Å². The summed E-state index contributed by atoms with van der Waals surface area (Å²) in [7, 11) is 2.12. The molecule has 0 aromatic heterocycles. The van der Waals surface area contributed by atoms with Crippen molar-refractivity contribution in [2.45, 2.75) is 32.1 Å². The molecule has 0 aromatic carbocycles. The zero-order chi connectivity index (χ0) is 9.47. The van der Waals surface area contributed by atoms with E-state index in [1.807, 2.05) is 0 Å². The van der Waals surface area contributed by atoms with Gasteiger partial charge < -0.3 is 14.4 Å². The number of likely N-dealkylation sites (tertiary alicyclic amines) is 1. The van der Waals surface area contributed by atoms with Crippen molar-refractivity contribution in [2.75, 3.05) is 26.8 Å². The van der Waals surface area contributed by atoms with E-state index in [1.165, 1.54) is 5.92 Å². The fraction of sp³-hybridized carbons (Fsp3) is 0.900. The molecular formula is C10H18NO2Y+2. The van der Waals surface area contributed by atoms with Crippen LogP contribution in [0.2, 0.25) is 0 Å². The minimum atomic E-state index is -0.383. The van der Waals surface area contributed by atoms with Crippen molar-refractivity contribution in [3.63, 3.8) is 0 Å². The zero-order valence-corrected chi connectivity index (χ0v) is 12.1. The van der Waals surface area contributed by atoms with Gasteiger partial charge in [-0.1, -0.05) is 6.92 Å². The molecule has 0 amide bonds. The van der Waals surface area contributed by atoms with Crippen LogP contribution < -0.4 is 0 Å². The molecule has 0 bridgehead atoms. The maximum absolute atomic E-state index is 5.78. The van der Waals surface area contributed by atoms with Gasteiger partial charge in [0.2, 0.25) is 0 Å². The molecule has 0 saturated carbocycles. The smallest absolute Gasteiger partial charge is 0.379 e. The standard InChI is InChI=1S/C10H18NO2.Y/c1-8-9(2)11(3)7-10(8)12-5-4-6-13-10;/h9H,4-7H2,1-3H3;/q-1;+3. The van der Waals surface area contributed by atoms with Crippen molar-refractivity contribution < 1.29 is 42.2 Å². The quantitative estimate of drug-likeness (QED) is 0.616. The van der Waals surface area contributed by atoms with E-state index in [9.17, 15) is 0 Å². The number of ether oxygens (including phenoxy) is 2. The molecule has 2 heterocycles. The minimum absolute atomic E-state index is 0. The Morgan fingerprint density at radius 1 is 1.36 bits per heavy atom. The van der Waals surface area contributed by atoms with Crippen LogP contribution in [0.3, 0.4) is 0 Å². The van der Waals surface area contributed by atoms with Crippen molar-refractivity contribution in [1.82, 2.24) is 4.90 Å². The molecule has 14 heavy (non-hydrogen) atoms.